The summed E-state index contributed by atoms with van der Waals surface area (Å²) < 4.78 is 44.0. The normalized spacial score (nSPS) is 18.4. The Labute approximate surface area is 177 Å². The van der Waals surface area contributed by atoms with Gasteiger partial charge in [0.25, 0.3) is 5.91 Å². The molecule has 164 valence electrons. The third-order valence-electron chi connectivity index (χ3n) is 5.68. The third-order valence-corrected chi connectivity index (χ3v) is 5.68. The van der Waals surface area contributed by atoms with Crippen molar-refractivity contribution in [1.82, 2.24) is 24.9 Å². The van der Waals surface area contributed by atoms with E-state index in [2.05, 4.69) is 20.8 Å². The molecule has 1 aliphatic rings. The van der Waals surface area contributed by atoms with E-state index in [1.807, 2.05) is 38.1 Å². The smallest absolute Gasteiger partial charge is 0.363 e. The maximum absolute atomic E-state index is 13.8. The molecule has 1 aromatic carbocycles. The lowest BCUT2D eigenvalue weighted by Gasteiger charge is -2.33. The number of hydrogen-bond acceptors (Lipinski definition) is 4. The lowest BCUT2D eigenvalue weighted by Crippen LogP contribution is -2.35. The number of carbonyl (C=O) groups is 1. The number of fused-ring (bicyclic) bond motifs is 1. The summed E-state index contributed by atoms with van der Waals surface area (Å²) in [5, 5.41) is 13.9. The largest absolute Gasteiger partial charge is 0.410 e. The van der Waals surface area contributed by atoms with Crippen molar-refractivity contribution in [3.63, 3.8) is 0 Å². The summed E-state index contributed by atoms with van der Waals surface area (Å²) in [7, 11) is 1.79. The minimum absolute atomic E-state index is 0.0668. The number of carbonyl (C=O) groups excluding carboxylic acids is 1. The highest BCUT2D eigenvalue weighted by molar-refractivity contribution is 5.93. The van der Waals surface area contributed by atoms with Gasteiger partial charge < -0.3 is 10.6 Å². The quantitative estimate of drug-likeness (QED) is 0.657. The summed E-state index contributed by atoms with van der Waals surface area (Å²) in [4.78, 5) is 12.6. The predicted molar refractivity (Wildman–Crippen MR) is 109 cm³/mol. The van der Waals surface area contributed by atoms with Gasteiger partial charge >= 0.3 is 6.18 Å². The summed E-state index contributed by atoms with van der Waals surface area (Å²) in [6.45, 7) is 4.00. The fraction of sp³-hybridized carbons (Fsp3) is 0.381. The van der Waals surface area contributed by atoms with Gasteiger partial charge in [0.2, 0.25) is 0 Å². The first-order chi connectivity index (χ1) is 14.6. The first-order valence-electron chi connectivity index (χ1n) is 9.88. The predicted octanol–water partition coefficient (Wildman–Crippen LogP) is 3.82. The second-order valence-corrected chi connectivity index (χ2v) is 7.82. The topological polar surface area (TPSA) is 76.8 Å². The lowest BCUT2D eigenvalue weighted by molar-refractivity contribution is -0.173. The van der Waals surface area contributed by atoms with Gasteiger partial charge in [0.1, 0.15) is 5.82 Å². The molecule has 0 radical (unpaired) electrons. The zero-order valence-corrected chi connectivity index (χ0v) is 17.4. The Hall–Kier alpha value is -3.30. The van der Waals surface area contributed by atoms with E-state index >= 15 is 0 Å². The first kappa shape index (κ1) is 21.0. The molecule has 0 saturated heterocycles. The van der Waals surface area contributed by atoms with Crippen molar-refractivity contribution in [2.45, 2.75) is 45.1 Å². The van der Waals surface area contributed by atoms with E-state index in [0.29, 0.717) is 0 Å². The van der Waals surface area contributed by atoms with Crippen molar-refractivity contribution in [2.75, 3.05) is 5.32 Å². The molecular weight excluding hydrogens is 409 g/mol. The molecule has 7 nitrogen and oxygen atoms in total. The highest BCUT2D eigenvalue weighted by Gasteiger charge is 2.46. The Kier molecular flexibility index (Phi) is 5.24. The number of nitrogens with zero attached hydrogens (tertiary/aromatic N) is 4. The molecule has 0 spiro atoms. The van der Waals surface area contributed by atoms with Crippen LogP contribution in [0, 0.1) is 13.8 Å². The van der Waals surface area contributed by atoms with Crippen LogP contribution in [0.5, 0.6) is 0 Å². The van der Waals surface area contributed by atoms with Crippen molar-refractivity contribution in [2.24, 2.45) is 7.05 Å². The molecule has 3 heterocycles. The van der Waals surface area contributed by atoms with Gasteiger partial charge in [0.15, 0.2) is 11.7 Å². The fourth-order valence-corrected chi connectivity index (χ4v) is 3.69. The Morgan fingerprint density at radius 3 is 2.58 bits per heavy atom. The maximum atomic E-state index is 13.8. The number of aromatic nitrogens is 4. The fourth-order valence-electron chi connectivity index (χ4n) is 3.69. The second kappa shape index (κ2) is 7.75. The Bertz CT molecular complexity index is 1100. The molecule has 0 unspecified atom stereocenters. The minimum atomic E-state index is -4.49. The van der Waals surface area contributed by atoms with Crippen LogP contribution in [0.4, 0.5) is 19.0 Å². The highest BCUT2D eigenvalue weighted by atomic mass is 19.4. The minimum Gasteiger partial charge on any atom is -0.363 e. The number of nitrogens with one attached hydrogen (secondary N) is 2. The van der Waals surface area contributed by atoms with Crippen LogP contribution in [0.2, 0.25) is 0 Å². The number of rotatable bonds is 4. The van der Waals surface area contributed by atoms with Crippen molar-refractivity contribution >= 4 is 11.7 Å². The standard InChI is InChI=1S/C21H23F3N6O/c1-12-4-6-14(7-5-12)16-8-18(21(22,23)24)30-19(27-16)9-17(28-30)20(31)25-10-15-11-26-29(3)13(15)2/h4-7,9,11,16,18,27H,8,10H2,1-3H3,(H,25,31)/t16-,18-/m1/s1. The van der Waals surface area contributed by atoms with Gasteiger partial charge in [-0.25, -0.2) is 4.68 Å². The maximum Gasteiger partial charge on any atom is 0.410 e. The lowest BCUT2D eigenvalue weighted by atomic mass is 9.96. The zero-order valence-electron chi connectivity index (χ0n) is 17.4. The Morgan fingerprint density at radius 1 is 1.26 bits per heavy atom. The van der Waals surface area contributed by atoms with Crippen LogP contribution in [0.3, 0.4) is 0 Å². The van der Waals surface area contributed by atoms with Crippen LogP contribution >= 0.6 is 0 Å². The molecule has 2 N–H and O–H groups in total. The van der Waals surface area contributed by atoms with Crippen molar-refractivity contribution < 1.29 is 18.0 Å². The third kappa shape index (κ3) is 4.14. The molecule has 2 aromatic heterocycles. The number of anilines is 1. The van der Waals surface area contributed by atoms with E-state index < -0.39 is 24.2 Å². The molecule has 31 heavy (non-hydrogen) atoms. The average molecular weight is 432 g/mol. The van der Waals surface area contributed by atoms with Gasteiger partial charge in [-0.2, -0.15) is 23.4 Å². The van der Waals surface area contributed by atoms with E-state index in [1.54, 1.807) is 17.9 Å². The molecule has 0 fully saturated rings. The molecule has 10 heteroatoms. The number of amides is 1. The number of hydrogen-bond donors (Lipinski definition) is 2. The van der Waals surface area contributed by atoms with Crippen LogP contribution in [0.15, 0.2) is 36.5 Å². The molecule has 3 aromatic rings. The van der Waals surface area contributed by atoms with E-state index in [9.17, 15) is 18.0 Å². The SMILES string of the molecule is Cc1ccc([C@H]2C[C@H](C(F)(F)F)n3nc(C(=O)NCc4cnn(C)c4C)cc3N2)cc1. The van der Waals surface area contributed by atoms with Crippen LogP contribution in [-0.2, 0) is 13.6 Å². The van der Waals surface area contributed by atoms with Gasteiger partial charge in [-0.15, -0.1) is 0 Å². The number of aryl methyl sites for hydroxylation is 2. The molecular formula is C21H23F3N6O. The van der Waals surface area contributed by atoms with Crippen molar-refractivity contribution in [3.8, 4) is 0 Å². The second-order valence-electron chi connectivity index (χ2n) is 7.82. The van der Waals surface area contributed by atoms with Gasteiger partial charge in [-0.05, 0) is 19.4 Å². The molecule has 2 atom stereocenters. The number of alkyl halides is 3. The Morgan fingerprint density at radius 2 is 1.97 bits per heavy atom. The van der Waals surface area contributed by atoms with E-state index in [4.69, 9.17) is 0 Å². The summed E-state index contributed by atoms with van der Waals surface area (Å²) in [5.41, 5.74) is 3.43. The van der Waals surface area contributed by atoms with Crippen LogP contribution < -0.4 is 10.6 Å². The molecule has 1 amide bonds. The summed E-state index contributed by atoms with van der Waals surface area (Å²) >= 11 is 0. The van der Waals surface area contributed by atoms with E-state index in [1.165, 1.54) is 6.07 Å². The highest BCUT2D eigenvalue weighted by Crippen LogP contribution is 2.43. The number of halogens is 3. The van der Waals surface area contributed by atoms with Crippen LogP contribution in [0.25, 0.3) is 0 Å². The van der Waals surface area contributed by atoms with Crippen LogP contribution in [-0.4, -0.2) is 31.6 Å². The summed E-state index contributed by atoms with van der Waals surface area (Å²) in [6, 6.07) is 6.37. The van der Waals surface area contributed by atoms with Gasteiger partial charge in [0, 0.05) is 37.3 Å². The molecule has 0 bridgehead atoms. The van der Waals surface area contributed by atoms with Gasteiger partial charge in [-0.1, -0.05) is 29.8 Å². The Balaban J connectivity index is 1.58. The first-order valence-corrected chi connectivity index (χ1v) is 9.88. The van der Waals surface area contributed by atoms with Crippen molar-refractivity contribution in [1.29, 1.82) is 0 Å². The average Bonchev–Trinajstić information content (AvgIpc) is 3.29. The molecule has 4 rings (SSSR count). The molecule has 0 saturated carbocycles. The van der Waals surface area contributed by atoms with Gasteiger partial charge in [0.05, 0.1) is 12.2 Å². The van der Waals surface area contributed by atoms with E-state index in [-0.39, 0.29) is 24.5 Å². The van der Waals surface area contributed by atoms with Crippen molar-refractivity contribution in [3.05, 3.63) is 64.6 Å². The zero-order chi connectivity index (χ0) is 22.3. The molecule has 1 aliphatic heterocycles. The molecule has 0 aliphatic carbocycles. The summed E-state index contributed by atoms with van der Waals surface area (Å²) in [5.74, 6) is -0.373. The van der Waals surface area contributed by atoms with E-state index in [0.717, 1.165) is 27.1 Å². The monoisotopic (exact) mass is 432 g/mol. The van der Waals surface area contributed by atoms with Crippen LogP contribution in [0.1, 0.15) is 51.4 Å². The summed E-state index contributed by atoms with van der Waals surface area (Å²) in [6.07, 6.45) is -3.06. The van der Waals surface area contributed by atoms with Gasteiger partial charge in [-0.3, -0.25) is 9.48 Å². The number of benzene rings is 1.